The zero-order valence-electron chi connectivity index (χ0n) is 18.9. The van der Waals surface area contributed by atoms with Gasteiger partial charge in [0.15, 0.2) is 10.9 Å². The summed E-state index contributed by atoms with van der Waals surface area (Å²) in [6.45, 7) is 0.613. The quantitative estimate of drug-likeness (QED) is 0.228. The molecule has 3 N–H and O–H groups in total. The van der Waals surface area contributed by atoms with Gasteiger partial charge in [0.05, 0.1) is 11.3 Å². The summed E-state index contributed by atoms with van der Waals surface area (Å²) in [6.07, 6.45) is 0.314. The fourth-order valence-electron chi connectivity index (χ4n) is 3.75. The van der Waals surface area contributed by atoms with Gasteiger partial charge in [-0.25, -0.2) is 9.78 Å². The van der Waals surface area contributed by atoms with Crippen LogP contribution in [0.4, 0.5) is 9.93 Å². The van der Waals surface area contributed by atoms with Crippen LogP contribution < -0.4 is 20.9 Å². The van der Waals surface area contributed by atoms with Crippen LogP contribution in [0, 0.1) is 0 Å². The van der Waals surface area contributed by atoms with E-state index in [9.17, 15) is 19.2 Å². The summed E-state index contributed by atoms with van der Waals surface area (Å²) in [7, 11) is 0. The van der Waals surface area contributed by atoms with Gasteiger partial charge in [-0.05, 0) is 30.0 Å². The van der Waals surface area contributed by atoms with Gasteiger partial charge in [0.1, 0.15) is 17.3 Å². The number of nitrogens with one attached hydrogen (secondary N) is 3. The number of anilines is 1. The van der Waals surface area contributed by atoms with Gasteiger partial charge in [0.25, 0.3) is 11.8 Å². The smallest absolute Gasteiger partial charge is 0.322 e. The number of fused-ring (bicyclic) bond motifs is 1. The molecule has 4 heterocycles. The number of benzene rings is 1. The maximum Gasteiger partial charge on any atom is 0.322 e. The Bertz CT molecular complexity index is 1390. The van der Waals surface area contributed by atoms with Gasteiger partial charge in [-0.2, -0.15) is 0 Å². The van der Waals surface area contributed by atoms with E-state index in [0.29, 0.717) is 34.4 Å². The van der Waals surface area contributed by atoms with Crippen LogP contribution in [0.1, 0.15) is 22.5 Å². The number of rotatable bonds is 9. The molecule has 1 atom stereocenters. The second-order valence-electron chi connectivity index (χ2n) is 8.02. The zero-order valence-corrected chi connectivity index (χ0v) is 20.5. The molecule has 3 aromatic heterocycles. The fourth-order valence-corrected chi connectivity index (χ4v) is 5.26. The Morgan fingerprint density at radius 1 is 1.14 bits per heavy atom. The van der Waals surface area contributed by atoms with Crippen molar-refractivity contribution in [1.82, 2.24) is 20.9 Å². The molecule has 0 aliphatic carbocycles. The van der Waals surface area contributed by atoms with E-state index < -0.39 is 18.0 Å². The van der Waals surface area contributed by atoms with E-state index in [1.54, 1.807) is 11.0 Å². The molecule has 1 aromatic carbocycles. The SMILES string of the molecule is O=C(CC1NC(=O)NC1=O)NCCCN(C(=O)c1cccs1)c1nc(-c2cc3ccccc3o2)cs1. The number of nitrogens with zero attached hydrogens (tertiary/aromatic N) is 2. The van der Waals surface area contributed by atoms with Gasteiger partial charge in [-0.1, -0.05) is 24.3 Å². The van der Waals surface area contributed by atoms with Gasteiger partial charge in [0, 0.05) is 23.9 Å². The minimum Gasteiger partial charge on any atom is -0.454 e. The highest BCUT2D eigenvalue weighted by atomic mass is 32.1. The van der Waals surface area contributed by atoms with Crippen molar-refractivity contribution < 1.29 is 23.6 Å². The number of hydrogen-bond donors (Lipinski definition) is 3. The summed E-state index contributed by atoms with van der Waals surface area (Å²) >= 11 is 2.69. The van der Waals surface area contributed by atoms with Crippen molar-refractivity contribution in [2.45, 2.75) is 18.9 Å². The number of para-hydroxylation sites is 1. The average molecular weight is 524 g/mol. The molecule has 1 saturated heterocycles. The molecule has 5 amide bonds. The van der Waals surface area contributed by atoms with Crippen LogP contribution in [0.2, 0.25) is 0 Å². The van der Waals surface area contributed by atoms with E-state index in [0.717, 1.165) is 11.0 Å². The second-order valence-corrected chi connectivity index (χ2v) is 9.81. The second kappa shape index (κ2) is 10.3. The molecule has 12 heteroatoms. The fraction of sp³-hybridized carbons (Fsp3) is 0.208. The first-order chi connectivity index (χ1) is 17.5. The molecular formula is C24H21N5O5S2. The largest absolute Gasteiger partial charge is 0.454 e. The van der Waals surface area contributed by atoms with Crippen LogP contribution in [0.5, 0.6) is 0 Å². The Morgan fingerprint density at radius 2 is 2.00 bits per heavy atom. The maximum atomic E-state index is 13.2. The molecule has 1 unspecified atom stereocenters. The number of thiophene rings is 1. The van der Waals surface area contributed by atoms with Crippen molar-refractivity contribution in [3.05, 3.63) is 58.1 Å². The lowest BCUT2D eigenvalue weighted by atomic mass is 10.2. The average Bonchev–Trinajstić information content (AvgIpc) is 3.66. The molecule has 1 aliphatic heterocycles. The minimum atomic E-state index is -0.874. The number of imide groups is 1. The van der Waals surface area contributed by atoms with Crippen LogP contribution in [0.3, 0.4) is 0 Å². The molecule has 184 valence electrons. The summed E-state index contributed by atoms with van der Waals surface area (Å²) in [5, 5.41) is 12.4. The van der Waals surface area contributed by atoms with Crippen LogP contribution in [-0.2, 0) is 9.59 Å². The van der Waals surface area contributed by atoms with Gasteiger partial charge in [-0.3, -0.25) is 24.6 Å². The van der Waals surface area contributed by atoms with Crippen molar-refractivity contribution >= 4 is 62.5 Å². The Kier molecular flexibility index (Phi) is 6.78. The number of carbonyl (C=O) groups is 4. The normalized spacial score (nSPS) is 15.1. The van der Waals surface area contributed by atoms with Crippen LogP contribution >= 0.6 is 22.7 Å². The predicted molar refractivity (Wildman–Crippen MR) is 136 cm³/mol. The van der Waals surface area contributed by atoms with Crippen LogP contribution in [-0.4, -0.2) is 47.9 Å². The molecule has 0 saturated carbocycles. The Morgan fingerprint density at radius 3 is 2.75 bits per heavy atom. The molecule has 4 aromatic rings. The highest BCUT2D eigenvalue weighted by Gasteiger charge is 2.31. The Balaban J connectivity index is 1.25. The third-order valence-electron chi connectivity index (χ3n) is 5.51. The third-order valence-corrected chi connectivity index (χ3v) is 7.23. The van der Waals surface area contributed by atoms with E-state index in [1.165, 1.54) is 22.7 Å². The van der Waals surface area contributed by atoms with Crippen molar-refractivity contribution in [2.24, 2.45) is 0 Å². The van der Waals surface area contributed by atoms with Crippen LogP contribution in [0.25, 0.3) is 22.4 Å². The van der Waals surface area contributed by atoms with E-state index in [-0.39, 0.29) is 24.8 Å². The topological polar surface area (TPSA) is 134 Å². The number of thiazole rings is 1. The minimum absolute atomic E-state index is 0.150. The molecule has 1 aliphatic rings. The number of urea groups is 1. The lowest BCUT2D eigenvalue weighted by Gasteiger charge is -2.19. The first kappa shape index (κ1) is 23.7. The summed E-state index contributed by atoms with van der Waals surface area (Å²) in [4.78, 5) is 55.1. The monoisotopic (exact) mass is 523 g/mol. The van der Waals surface area contributed by atoms with Crippen molar-refractivity contribution in [3.8, 4) is 11.5 Å². The lowest BCUT2D eigenvalue weighted by Crippen LogP contribution is -2.38. The number of carbonyl (C=O) groups excluding carboxylic acids is 4. The van der Waals surface area contributed by atoms with E-state index >= 15 is 0 Å². The van der Waals surface area contributed by atoms with Crippen molar-refractivity contribution in [1.29, 1.82) is 0 Å². The standard InChI is InChI=1S/C24H21N5O5S2/c30-20(12-15-21(31)28-23(33)26-15)25-8-4-9-29(22(32)19-7-3-10-35-19)24-27-16(13-36-24)18-11-14-5-1-2-6-17(14)34-18/h1-3,5-7,10-11,13,15H,4,8-9,12H2,(H,25,30)(H2,26,28,31,33). The molecule has 36 heavy (non-hydrogen) atoms. The highest BCUT2D eigenvalue weighted by molar-refractivity contribution is 7.14. The van der Waals surface area contributed by atoms with Crippen molar-refractivity contribution in [3.63, 3.8) is 0 Å². The molecule has 0 spiro atoms. The molecule has 1 fully saturated rings. The van der Waals surface area contributed by atoms with Gasteiger partial charge < -0.3 is 15.1 Å². The number of amides is 5. The van der Waals surface area contributed by atoms with Gasteiger partial charge in [-0.15, -0.1) is 22.7 Å². The summed E-state index contributed by atoms with van der Waals surface area (Å²) in [5.74, 6) is -0.438. The first-order valence-corrected chi connectivity index (χ1v) is 12.9. The van der Waals surface area contributed by atoms with Crippen LogP contribution in [0.15, 0.2) is 57.6 Å². The molecule has 0 radical (unpaired) electrons. The van der Waals surface area contributed by atoms with E-state index in [4.69, 9.17) is 4.42 Å². The maximum absolute atomic E-state index is 13.2. The Labute approximate surface area is 213 Å². The summed E-state index contributed by atoms with van der Waals surface area (Å²) in [6, 6.07) is 11.7. The van der Waals surface area contributed by atoms with Gasteiger partial charge >= 0.3 is 6.03 Å². The molecule has 5 rings (SSSR count). The third kappa shape index (κ3) is 5.14. The van der Waals surface area contributed by atoms with Crippen molar-refractivity contribution in [2.75, 3.05) is 18.0 Å². The molecule has 0 bridgehead atoms. The summed E-state index contributed by atoms with van der Waals surface area (Å²) in [5.41, 5.74) is 1.40. The Hall–Kier alpha value is -4.03. The zero-order chi connectivity index (χ0) is 25.1. The highest BCUT2D eigenvalue weighted by Crippen LogP contribution is 2.32. The van der Waals surface area contributed by atoms with E-state index in [2.05, 4.69) is 20.9 Å². The lowest BCUT2D eigenvalue weighted by molar-refractivity contribution is -0.126. The predicted octanol–water partition coefficient (Wildman–Crippen LogP) is 3.37. The molecular weight excluding hydrogens is 502 g/mol. The molecule has 10 nitrogen and oxygen atoms in total. The number of aromatic nitrogens is 1. The first-order valence-electron chi connectivity index (χ1n) is 11.2. The number of furan rings is 1. The summed E-state index contributed by atoms with van der Waals surface area (Å²) < 4.78 is 5.91. The van der Waals surface area contributed by atoms with Gasteiger partial charge in [0.2, 0.25) is 5.91 Å². The number of hydrogen-bond acceptors (Lipinski definition) is 8. The van der Waals surface area contributed by atoms with E-state index in [1.807, 2.05) is 47.2 Å².